The molecule has 3 aromatic rings. The van der Waals surface area contributed by atoms with Gasteiger partial charge in [-0.25, -0.2) is 19.7 Å². The van der Waals surface area contributed by atoms with Crippen LogP contribution in [-0.4, -0.2) is 54.4 Å². The van der Waals surface area contributed by atoms with Crippen molar-refractivity contribution in [2.75, 3.05) is 48.9 Å². The van der Waals surface area contributed by atoms with Crippen LogP contribution in [0.3, 0.4) is 0 Å². The highest BCUT2D eigenvalue weighted by Crippen LogP contribution is 2.29. The fourth-order valence-corrected chi connectivity index (χ4v) is 3.33. The Balaban J connectivity index is 1.46. The standard InChI is InChI=1S/C21H21BrN6O3/c1-30-17-13-24-19(27-20(17)28-8-10-31-11-9-28)14-2-4-15(5-3-14)25-21(29)26-16-6-7-18(22)23-12-16/h2-7,12-13H,8-11H2,1H3,(H2,25,26,29). The Hall–Kier alpha value is -3.24. The SMILES string of the molecule is COc1cnc(-c2ccc(NC(=O)Nc3ccc(Br)nc3)cc2)nc1N1CCOCC1. The van der Waals surface area contributed by atoms with Gasteiger partial charge in [-0.3, -0.25) is 0 Å². The number of anilines is 3. The van der Waals surface area contributed by atoms with Crippen LogP contribution in [0.15, 0.2) is 53.4 Å². The van der Waals surface area contributed by atoms with E-state index in [-0.39, 0.29) is 6.03 Å². The van der Waals surface area contributed by atoms with Gasteiger partial charge >= 0.3 is 6.03 Å². The second-order valence-electron chi connectivity index (χ2n) is 6.71. The Morgan fingerprint density at radius 2 is 1.74 bits per heavy atom. The molecule has 160 valence electrons. The van der Waals surface area contributed by atoms with Gasteiger partial charge in [0.05, 0.1) is 38.4 Å². The molecule has 1 aliphatic heterocycles. The van der Waals surface area contributed by atoms with Gasteiger partial charge in [-0.2, -0.15) is 0 Å². The van der Waals surface area contributed by atoms with E-state index < -0.39 is 0 Å². The quantitative estimate of drug-likeness (QED) is 0.531. The molecule has 2 amide bonds. The van der Waals surface area contributed by atoms with Crippen molar-refractivity contribution in [1.82, 2.24) is 15.0 Å². The molecule has 0 radical (unpaired) electrons. The number of benzene rings is 1. The summed E-state index contributed by atoms with van der Waals surface area (Å²) < 4.78 is 11.6. The molecule has 2 aromatic heterocycles. The van der Waals surface area contributed by atoms with Crippen LogP contribution in [-0.2, 0) is 4.74 Å². The fourth-order valence-electron chi connectivity index (χ4n) is 3.09. The zero-order valence-electron chi connectivity index (χ0n) is 16.8. The molecule has 0 saturated carbocycles. The van der Waals surface area contributed by atoms with E-state index in [2.05, 4.69) is 41.4 Å². The maximum absolute atomic E-state index is 12.2. The first-order chi connectivity index (χ1) is 15.1. The maximum atomic E-state index is 12.2. The lowest BCUT2D eigenvalue weighted by atomic mass is 10.2. The van der Waals surface area contributed by atoms with E-state index in [0.29, 0.717) is 40.8 Å². The van der Waals surface area contributed by atoms with Crippen LogP contribution in [0, 0.1) is 0 Å². The number of hydrogen-bond acceptors (Lipinski definition) is 7. The van der Waals surface area contributed by atoms with Crippen molar-refractivity contribution in [3.63, 3.8) is 0 Å². The minimum Gasteiger partial charge on any atom is -0.491 e. The molecule has 2 N–H and O–H groups in total. The Morgan fingerprint density at radius 1 is 1.03 bits per heavy atom. The monoisotopic (exact) mass is 484 g/mol. The first-order valence-corrected chi connectivity index (χ1v) is 10.5. The first kappa shape index (κ1) is 21.0. The summed E-state index contributed by atoms with van der Waals surface area (Å²) in [6, 6.07) is 10.5. The topological polar surface area (TPSA) is 102 Å². The third kappa shape index (κ3) is 5.28. The van der Waals surface area contributed by atoms with Gasteiger partial charge < -0.3 is 25.0 Å². The summed E-state index contributed by atoms with van der Waals surface area (Å²) in [4.78, 5) is 27.5. The van der Waals surface area contributed by atoms with Gasteiger partial charge in [-0.15, -0.1) is 0 Å². The second kappa shape index (κ2) is 9.71. The summed E-state index contributed by atoms with van der Waals surface area (Å²) in [5.74, 6) is 1.96. The summed E-state index contributed by atoms with van der Waals surface area (Å²) >= 11 is 3.26. The lowest BCUT2D eigenvalue weighted by Crippen LogP contribution is -2.37. The number of aromatic nitrogens is 3. The predicted octanol–water partition coefficient (Wildman–Crippen LogP) is 3.79. The Morgan fingerprint density at radius 3 is 2.42 bits per heavy atom. The number of ether oxygens (including phenoxy) is 2. The zero-order valence-corrected chi connectivity index (χ0v) is 18.4. The van der Waals surface area contributed by atoms with Crippen molar-refractivity contribution in [3.05, 3.63) is 53.4 Å². The summed E-state index contributed by atoms with van der Waals surface area (Å²) in [5.41, 5.74) is 2.08. The number of rotatable bonds is 5. The highest BCUT2D eigenvalue weighted by atomic mass is 79.9. The molecule has 0 spiro atoms. The summed E-state index contributed by atoms with van der Waals surface area (Å²) in [6.45, 7) is 2.81. The number of nitrogens with one attached hydrogen (secondary N) is 2. The number of carbonyl (C=O) groups excluding carboxylic acids is 1. The molecule has 0 aliphatic carbocycles. The average Bonchev–Trinajstić information content (AvgIpc) is 2.81. The molecule has 1 fully saturated rings. The van der Waals surface area contributed by atoms with Crippen molar-refractivity contribution in [1.29, 1.82) is 0 Å². The zero-order chi connectivity index (χ0) is 21.6. The molecular formula is C21H21BrN6O3. The maximum Gasteiger partial charge on any atom is 0.323 e. The number of halogens is 1. The minimum absolute atomic E-state index is 0.354. The number of methoxy groups -OCH3 is 1. The van der Waals surface area contributed by atoms with Crippen LogP contribution < -0.4 is 20.3 Å². The molecule has 10 heteroatoms. The Bertz CT molecular complexity index is 1040. The smallest absolute Gasteiger partial charge is 0.323 e. The van der Waals surface area contributed by atoms with E-state index in [1.807, 2.05) is 12.1 Å². The van der Waals surface area contributed by atoms with E-state index in [9.17, 15) is 4.79 Å². The van der Waals surface area contributed by atoms with Crippen LogP contribution in [0.2, 0.25) is 0 Å². The number of hydrogen-bond donors (Lipinski definition) is 2. The van der Waals surface area contributed by atoms with Gasteiger partial charge in [0.1, 0.15) is 4.60 Å². The average molecular weight is 485 g/mol. The van der Waals surface area contributed by atoms with Crippen molar-refractivity contribution in [2.24, 2.45) is 0 Å². The molecule has 1 aliphatic rings. The Labute approximate surface area is 188 Å². The van der Waals surface area contributed by atoms with E-state index in [1.54, 1.807) is 43.8 Å². The third-order valence-corrected chi connectivity index (χ3v) is 5.12. The summed E-state index contributed by atoms with van der Waals surface area (Å²) in [5, 5.41) is 5.53. The minimum atomic E-state index is -0.354. The normalized spacial score (nSPS) is 13.5. The molecule has 0 bridgehead atoms. The van der Waals surface area contributed by atoms with E-state index in [1.165, 1.54) is 0 Å². The number of amides is 2. The van der Waals surface area contributed by atoms with Gasteiger partial charge in [0.25, 0.3) is 0 Å². The predicted molar refractivity (Wildman–Crippen MR) is 122 cm³/mol. The molecule has 4 rings (SSSR count). The molecule has 31 heavy (non-hydrogen) atoms. The van der Waals surface area contributed by atoms with Crippen LogP contribution in [0.5, 0.6) is 5.75 Å². The van der Waals surface area contributed by atoms with Gasteiger partial charge in [-0.1, -0.05) is 0 Å². The van der Waals surface area contributed by atoms with E-state index >= 15 is 0 Å². The van der Waals surface area contributed by atoms with E-state index in [0.717, 1.165) is 24.5 Å². The third-order valence-electron chi connectivity index (χ3n) is 4.65. The lowest BCUT2D eigenvalue weighted by molar-refractivity contribution is 0.122. The van der Waals surface area contributed by atoms with Gasteiger partial charge in [0, 0.05) is 24.3 Å². The molecule has 0 atom stereocenters. The lowest BCUT2D eigenvalue weighted by Gasteiger charge is -2.28. The molecular weight excluding hydrogens is 464 g/mol. The summed E-state index contributed by atoms with van der Waals surface area (Å²) in [7, 11) is 1.61. The van der Waals surface area contributed by atoms with Gasteiger partial charge in [0.15, 0.2) is 17.4 Å². The highest BCUT2D eigenvalue weighted by Gasteiger charge is 2.18. The van der Waals surface area contributed by atoms with Crippen molar-refractivity contribution < 1.29 is 14.3 Å². The summed E-state index contributed by atoms with van der Waals surface area (Å²) in [6.07, 6.45) is 3.25. The number of nitrogens with zero attached hydrogens (tertiary/aromatic N) is 4. The largest absolute Gasteiger partial charge is 0.491 e. The van der Waals surface area contributed by atoms with Gasteiger partial charge in [0.2, 0.25) is 0 Å². The van der Waals surface area contributed by atoms with Crippen LogP contribution in [0.25, 0.3) is 11.4 Å². The molecule has 1 saturated heterocycles. The Kier molecular flexibility index (Phi) is 6.58. The van der Waals surface area contributed by atoms with Crippen molar-refractivity contribution in [3.8, 4) is 17.1 Å². The fraction of sp³-hybridized carbons (Fsp3) is 0.238. The first-order valence-electron chi connectivity index (χ1n) is 9.66. The number of morpholine rings is 1. The van der Waals surface area contributed by atoms with Crippen molar-refractivity contribution >= 4 is 39.2 Å². The second-order valence-corrected chi connectivity index (χ2v) is 7.52. The van der Waals surface area contributed by atoms with Crippen LogP contribution in [0.4, 0.5) is 22.0 Å². The van der Waals surface area contributed by atoms with Crippen LogP contribution >= 0.6 is 15.9 Å². The number of carbonyl (C=O) groups is 1. The molecule has 0 unspecified atom stereocenters. The van der Waals surface area contributed by atoms with Crippen molar-refractivity contribution in [2.45, 2.75) is 0 Å². The molecule has 1 aromatic carbocycles. The van der Waals surface area contributed by atoms with E-state index in [4.69, 9.17) is 14.5 Å². The molecule has 9 nitrogen and oxygen atoms in total. The number of urea groups is 1. The molecule has 3 heterocycles. The highest BCUT2D eigenvalue weighted by molar-refractivity contribution is 9.10. The number of pyridine rings is 1. The van der Waals surface area contributed by atoms with Gasteiger partial charge in [-0.05, 0) is 52.3 Å². The van der Waals surface area contributed by atoms with Crippen LogP contribution in [0.1, 0.15) is 0 Å².